The monoisotopic (exact) mass is 892 g/mol. The van der Waals surface area contributed by atoms with Crippen molar-refractivity contribution >= 4 is 83.8 Å². The van der Waals surface area contributed by atoms with Crippen LogP contribution in [-0.4, -0.2) is 9.13 Å². The predicted molar refractivity (Wildman–Crippen MR) is 290 cm³/mol. The molecule has 0 saturated heterocycles. The van der Waals surface area contributed by atoms with Gasteiger partial charge >= 0.3 is 0 Å². The normalized spacial score (nSPS) is 14.7. The van der Waals surface area contributed by atoms with E-state index in [4.69, 9.17) is 0 Å². The van der Waals surface area contributed by atoms with Gasteiger partial charge in [0.15, 0.2) is 0 Å². The molecule has 1 aliphatic rings. The lowest BCUT2D eigenvalue weighted by atomic mass is 9.96. The molecule has 4 nitrogen and oxygen atoms in total. The minimum absolute atomic E-state index is 0.208. The van der Waals surface area contributed by atoms with Crippen molar-refractivity contribution in [1.29, 1.82) is 0 Å². The lowest BCUT2D eigenvalue weighted by molar-refractivity contribution is 0.510. The van der Waals surface area contributed by atoms with E-state index in [9.17, 15) is 4.39 Å². The molecule has 0 amide bonds. The summed E-state index contributed by atoms with van der Waals surface area (Å²) >= 11 is 0. The molecule has 332 valence electrons. The maximum absolute atomic E-state index is 14.4. The lowest BCUT2D eigenvalue weighted by Crippen LogP contribution is -2.15. The number of para-hydroxylation sites is 3. The first-order valence-corrected chi connectivity index (χ1v) is 23.8. The average Bonchev–Trinajstić information content (AvgIpc) is 3.91. The third-order valence-electron chi connectivity index (χ3n) is 13.7. The van der Waals surface area contributed by atoms with Gasteiger partial charge < -0.3 is 18.9 Å². The van der Waals surface area contributed by atoms with E-state index < -0.39 is 0 Å². The Hall–Kier alpha value is -8.67. The lowest BCUT2D eigenvalue weighted by Gasteiger charge is -2.27. The van der Waals surface area contributed by atoms with Gasteiger partial charge in [-0.1, -0.05) is 134 Å². The molecule has 0 N–H and O–H groups in total. The average molecular weight is 893 g/mol. The first-order chi connectivity index (χ1) is 34.0. The zero-order chi connectivity index (χ0) is 46.4. The van der Waals surface area contributed by atoms with E-state index in [1.165, 1.54) is 55.7 Å². The molecule has 2 heterocycles. The number of aromatic nitrogens is 2. The van der Waals surface area contributed by atoms with Crippen LogP contribution >= 0.6 is 0 Å². The third-order valence-corrected chi connectivity index (χ3v) is 13.7. The summed E-state index contributed by atoms with van der Waals surface area (Å²) in [5.41, 5.74) is 15.3. The number of benzene rings is 9. The predicted octanol–water partition coefficient (Wildman–Crippen LogP) is 18.0. The van der Waals surface area contributed by atoms with Crippen molar-refractivity contribution in [3.8, 4) is 16.8 Å². The number of nitrogens with zero attached hydrogens (tertiary/aromatic N) is 4. The van der Waals surface area contributed by atoms with E-state index in [1.54, 1.807) is 0 Å². The standard InChI is InChI=1S/C64H49FN4/c1-3-13-45-22-30-50(31-23-45)66(54-38-40-63-58(42-54)56-17-8-11-20-61(56)68(63)49-15-5-4-6-16-49)51-32-24-46(25-33-51)47-26-34-52(35-27-47)67(53-36-28-48(65)29-37-53)55-39-41-64-59(43-55)57-18-9-12-21-62(57)69(64)60-19-10-7-14-44(60)2/h3-44,60H,1-2H3/b13-3+. The summed E-state index contributed by atoms with van der Waals surface area (Å²) in [7, 11) is 0. The molecule has 0 aliphatic heterocycles. The van der Waals surface area contributed by atoms with Crippen LogP contribution < -0.4 is 9.80 Å². The van der Waals surface area contributed by atoms with Crippen LogP contribution in [0.2, 0.25) is 0 Å². The van der Waals surface area contributed by atoms with Crippen LogP contribution in [-0.2, 0) is 0 Å². The minimum atomic E-state index is -0.264. The van der Waals surface area contributed by atoms with Crippen molar-refractivity contribution in [1.82, 2.24) is 9.13 Å². The number of allylic oxidation sites excluding steroid dienone is 5. The van der Waals surface area contributed by atoms with E-state index in [0.717, 1.165) is 56.5 Å². The highest BCUT2D eigenvalue weighted by molar-refractivity contribution is 6.11. The summed E-state index contributed by atoms with van der Waals surface area (Å²) < 4.78 is 19.3. The van der Waals surface area contributed by atoms with Crippen LogP contribution in [0.4, 0.5) is 38.5 Å². The zero-order valence-electron chi connectivity index (χ0n) is 38.5. The molecule has 2 aromatic heterocycles. The van der Waals surface area contributed by atoms with Gasteiger partial charge in [-0.2, -0.15) is 0 Å². The van der Waals surface area contributed by atoms with Crippen LogP contribution in [0.25, 0.3) is 66.5 Å². The van der Waals surface area contributed by atoms with Crippen LogP contribution in [0.5, 0.6) is 0 Å². The van der Waals surface area contributed by atoms with Crippen molar-refractivity contribution in [3.05, 3.63) is 254 Å². The maximum Gasteiger partial charge on any atom is 0.123 e. The smallest absolute Gasteiger partial charge is 0.123 e. The Morgan fingerprint density at radius 2 is 0.884 bits per heavy atom. The first-order valence-electron chi connectivity index (χ1n) is 23.8. The summed E-state index contributed by atoms with van der Waals surface area (Å²) in [5, 5.41) is 4.81. The van der Waals surface area contributed by atoms with Crippen LogP contribution in [0.15, 0.2) is 243 Å². The number of halogens is 1. The van der Waals surface area contributed by atoms with Crippen molar-refractivity contribution in [2.75, 3.05) is 9.80 Å². The highest BCUT2D eigenvalue weighted by Crippen LogP contribution is 2.44. The van der Waals surface area contributed by atoms with Crippen LogP contribution in [0.3, 0.4) is 0 Å². The first kappa shape index (κ1) is 41.7. The van der Waals surface area contributed by atoms with Crippen molar-refractivity contribution in [2.24, 2.45) is 5.92 Å². The Morgan fingerprint density at radius 3 is 1.48 bits per heavy atom. The van der Waals surface area contributed by atoms with Crippen molar-refractivity contribution in [3.63, 3.8) is 0 Å². The largest absolute Gasteiger partial charge is 0.333 e. The molecule has 0 saturated carbocycles. The summed E-state index contributed by atoms with van der Waals surface area (Å²) in [4.78, 5) is 4.57. The molecule has 0 spiro atoms. The second kappa shape index (κ2) is 17.5. The SMILES string of the molecule is C/C=C/c1ccc(N(c2ccc(-c3ccc(N(c4ccc(F)cc4)c4ccc5c(c4)c4ccccc4n5C4C=CC=CC4C)cc3)cc2)c2ccc3c(c2)c2ccccc2n3-c2ccccc2)cc1. The molecule has 2 unspecified atom stereocenters. The Balaban J connectivity index is 0.911. The van der Waals surface area contributed by atoms with E-state index in [2.05, 4.69) is 250 Å². The van der Waals surface area contributed by atoms with Gasteiger partial charge in [0, 0.05) is 72.4 Å². The molecule has 1 aliphatic carbocycles. The van der Waals surface area contributed by atoms with E-state index in [0.29, 0.717) is 5.92 Å². The molecule has 9 aromatic carbocycles. The van der Waals surface area contributed by atoms with Crippen molar-refractivity contribution < 1.29 is 4.39 Å². The van der Waals surface area contributed by atoms with Crippen LogP contribution in [0.1, 0.15) is 25.5 Å². The molecule has 69 heavy (non-hydrogen) atoms. The number of fused-ring (bicyclic) bond motifs is 6. The number of rotatable bonds is 10. The Kier molecular flexibility index (Phi) is 10.6. The molecular weight excluding hydrogens is 844 g/mol. The minimum Gasteiger partial charge on any atom is -0.333 e. The van der Waals surface area contributed by atoms with Gasteiger partial charge in [-0.25, -0.2) is 4.39 Å². The number of hydrogen-bond acceptors (Lipinski definition) is 2. The maximum atomic E-state index is 14.4. The summed E-state index contributed by atoms with van der Waals surface area (Å²) in [6.45, 7) is 4.33. The summed E-state index contributed by atoms with van der Waals surface area (Å²) in [5.74, 6) is 0.0920. The Labute approximate surface area is 402 Å². The third kappa shape index (κ3) is 7.49. The second-order valence-electron chi connectivity index (χ2n) is 17.9. The zero-order valence-corrected chi connectivity index (χ0v) is 38.5. The molecule has 0 bridgehead atoms. The Bertz CT molecular complexity index is 3750. The topological polar surface area (TPSA) is 16.3 Å². The molecule has 5 heteroatoms. The molecule has 12 rings (SSSR count). The second-order valence-corrected chi connectivity index (χ2v) is 17.9. The number of anilines is 6. The van der Waals surface area contributed by atoms with Gasteiger partial charge in [0.25, 0.3) is 0 Å². The highest BCUT2D eigenvalue weighted by Gasteiger charge is 2.23. The van der Waals surface area contributed by atoms with Gasteiger partial charge in [0.2, 0.25) is 0 Å². The van der Waals surface area contributed by atoms with E-state index >= 15 is 0 Å². The van der Waals surface area contributed by atoms with Gasteiger partial charge in [0.1, 0.15) is 5.82 Å². The fourth-order valence-corrected chi connectivity index (χ4v) is 10.5. The fraction of sp³-hybridized carbons (Fsp3) is 0.0625. The van der Waals surface area contributed by atoms with Gasteiger partial charge in [-0.15, -0.1) is 0 Å². The van der Waals surface area contributed by atoms with E-state index in [1.807, 2.05) is 19.1 Å². The molecule has 0 fully saturated rings. The molecule has 0 radical (unpaired) electrons. The molecule has 2 atom stereocenters. The van der Waals surface area contributed by atoms with Crippen molar-refractivity contribution in [2.45, 2.75) is 19.9 Å². The fourth-order valence-electron chi connectivity index (χ4n) is 10.5. The highest BCUT2D eigenvalue weighted by atomic mass is 19.1. The van der Waals surface area contributed by atoms with Crippen LogP contribution in [0, 0.1) is 11.7 Å². The van der Waals surface area contributed by atoms with Gasteiger partial charge in [-0.3, -0.25) is 0 Å². The van der Waals surface area contributed by atoms with Gasteiger partial charge in [0.05, 0.1) is 17.1 Å². The summed E-state index contributed by atoms with van der Waals surface area (Å²) in [6.07, 6.45) is 13.1. The number of hydrogen-bond donors (Lipinski definition) is 0. The Morgan fingerprint density at radius 1 is 0.435 bits per heavy atom. The van der Waals surface area contributed by atoms with E-state index in [-0.39, 0.29) is 11.9 Å². The quantitative estimate of drug-likeness (QED) is 0.136. The van der Waals surface area contributed by atoms with Gasteiger partial charge in [-0.05, 0) is 151 Å². The molecule has 11 aromatic rings. The summed E-state index contributed by atoms with van der Waals surface area (Å²) in [6, 6.07) is 74.8. The molecular formula is C64H49FN4.